The molecule has 1 N–H and O–H groups in total. The minimum Gasteiger partial charge on any atom is -0.490 e. The van der Waals surface area contributed by atoms with Gasteiger partial charge in [0.15, 0.2) is 11.5 Å². The van der Waals surface area contributed by atoms with E-state index in [1.807, 2.05) is 38.1 Å². The van der Waals surface area contributed by atoms with Gasteiger partial charge >= 0.3 is 0 Å². The highest BCUT2D eigenvalue weighted by Crippen LogP contribution is 2.29. The fraction of sp³-hybridized carbons (Fsp3) is 0.316. The van der Waals surface area contributed by atoms with Crippen LogP contribution < -0.4 is 14.8 Å². The van der Waals surface area contributed by atoms with Gasteiger partial charge in [-0.2, -0.15) is 0 Å². The number of carbonyl (C=O) groups is 1. The summed E-state index contributed by atoms with van der Waals surface area (Å²) in [6.07, 6.45) is 1.00. The van der Waals surface area contributed by atoms with Crippen LogP contribution in [-0.4, -0.2) is 19.1 Å². The van der Waals surface area contributed by atoms with Gasteiger partial charge in [0.2, 0.25) is 5.91 Å². The number of amides is 1. The molecule has 0 aliphatic carbocycles. The average molecular weight is 348 g/mol. The third-order valence-electron chi connectivity index (χ3n) is 3.36. The summed E-state index contributed by atoms with van der Waals surface area (Å²) in [6.45, 7) is 5.02. The van der Waals surface area contributed by atoms with E-state index < -0.39 is 0 Å². The van der Waals surface area contributed by atoms with Gasteiger partial charge in [0.25, 0.3) is 0 Å². The Morgan fingerprint density at radius 1 is 1.04 bits per heavy atom. The summed E-state index contributed by atoms with van der Waals surface area (Å²) in [6, 6.07) is 12.9. The van der Waals surface area contributed by atoms with Crippen LogP contribution in [0.15, 0.2) is 42.5 Å². The molecule has 4 nitrogen and oxygen atoms in total. The molecule has 2 rings (SSSR count). The van der Waals surface area contributed by atoms with E-state index >= 15 is 0 Å². The lowest BCUT2D eigenvalue weighted by Gasteiger charge is -2.12. The Hall–Kier alpha value is -2.20. The zero-order valence-corrected chi connectivity index (χ0v) is 14.7. The van der Waals surface area contributed by atoms with E-state index in [1.165, 1.54) is 0 Å². The quantitative estimate of drug-likeness (QED) is 0.752. The van der Waals surface area contributed by atoms with Gasteiger partial charge in [0, 0.05) is 17.1 Å². The van der Waals surface area contributed by atoms with Crippen LogP contribution in [0.5, 0.6) is 11.5 Å². The van der Waals surface area contributed by atoms with Gasteiger partial charge in [-0.15, -0.1) is 0 Å². The monoisotopic (exact) mass is 347 g/mol. The summed E-state index contributed by atoms with van der Waals surface area (Å²) >= 11 is 5.91. The van der Waals surface area contributed by atoms with E-state index in [2.05, 4.69) is 5.32 Å². The Balaban J connectivity index is 1.95. The van der Waals surface area contributed by atoms with Crippen LogP contribution in [0.25, 0.3) is 0 Å². The predicted octanol–water partition coefficient (Wildman–Crippen LogP) is 4.71. The van der Waals surface area contributed by atoms with Crippen molar-refractivity contribution in [3.05, 3.63) is 53.1 Å². The Kier molecular flexibility index (Phi) is 6.94. The first-order valence-corrected chi connectivity index (χ1v) is 8.44. The smallest absolute Gasteiger partial charge is 0.224 e. The van der Waals surface area contributed by atoms with E-state index in [0.717, 1.165) is 11.3 Å². The first-order valence-electron chi connectivity index (χ1n) is 8.06. The van der Waals surface area contributed by atoms with Crippen LogP contribution in [0.4, 0.5) is 5.69 Å². The lowest BCUT2D eigenvalue weighted by atomic mass is 10.1. The van der Waals surface area contributed by atoms with Crippen LogP contribution in [0.2, 0.25) is 5.02 Å². The number of rotatable bonds is 8. The number of aryl methyl sites for hydroxylation is 1. The molecule has 0 fully saturated rings. The highest BCUT2D eigenvalue weighted by Gasteiger charge is 2.08. The highest BCUT2D eigenvalue weighted by atomic mass is 35.5. The van der Waals surface area contributed by atoms with E-state index in [0.29, 0.717) is 42.5 Å². The molecule has 5 heteroatoms. The molecule has 2 aromatic rings. The Morgan fingerprint density at radius 3 is 2.50 bits per heavy atom. The molecule has 0 bridgehead atoms. The van der Waals surface area contributed by atoms with E-state index in [9.17, 15) is 4.79 Å². The summed E-state index contributed by atoms with van der Waals surface area (Å²) in [5.41, 5.74) is 1.73. The predicted molar refractivity (Wildman–Crippen MR) is 97.2 cm³/mol. The SMILES string of the molecule is CCOc1ccc(CCC(=O)Nc2cccc(Cl)c2)cc1OCC. The van der Waals surface area contributed by atoms with Crippen molar-refractivity contribution < 1.29 is 14.3 Å². The van der Waals surface area contributed by atoms with Gasteiger partial charge < -0.3 is 14.8 Å². The second-order valence-corrected chi connectivity index (χ2v) is 5.64. The Bertz CT molecular complexity index is 688. The van der Waals surface area contributed by atoms with Crippen LogP contribution >= 0.6 is 11.6 Å². The molecule has 0 radical (unpaired) electrons. The molecule has 0 aromatic heterocycles. The average Bonchev–Trinajstić information content (AvgIpc) is 2.55. The molecule has 0 aliphatic rings. The zero-order chi connectivity index (χ0) is 17.4. The van der Waals surface area contributed by atoms with E-state index in [-0.39, 0.29) is 5.91 Å². The molecule has 0 saturated heterocycles. The molecule has 0 unspecified atom stereocenters. The van der Waals surface area contributed by atoms with Gasteiger partial charge in [-0.25, -0.2) is 0 Å². The van der Waals surface area contributed by atoms with Crippen molar-refractivity contribution in [3.63, 3.8) is 0 Å². The summed E-state index contributed by atoms with van der Waals surface area (Å²) in [5.74, 6) is 1.39. The minimum absolute atomic E-state index is 0.0517. The lowest BCUT2D eigenvalue weighted by molar-refractivity contribution is -0.116. The number of halogens is 1. The molecule has 0 aliphatic heterocycles. The Labute approximate surface area is 147 Å². The molecule has 0 heterocycles. The number of anilines is 1. The first kappa shape index (κ1) is 18.1. The van der Waals surface area contributed by atoms with Crippen molar-refractivity contribution in [2.24, 2.45) is 0 Å². The third-order valence-corrected chi connectivity index (χ3v) is 3.59. The van der Waals surface area contributed by atoms with E-state index in [4.69, 9.17) is 21.1 Å². The van der Waals surface area contributed by atoms with Crippen LogP contribution in [-0.2, 0) is 11.2 Å². The maximum Gasteiger partial charge on any atom is 0.224 e. The fourth-order valence-electron chi connectivity index (χ4n) is 2.30. The van der Waals surface area contributed by atoms with E-state index in [1.54, 1.807) is 18.2 Å². The summed E-state index contributed by atoms with van der Waals surface area (Å²) in [5, 5.41) is 3.44. The maximum absolute atomic E-state index is 12.1. The largest absolute Gasteiger partial charge is 0.490 e. The maximum atomic E-state index is 12.1. The standard InChI is InChI=1S/C19H22ClNO3/c1-3-23-17-10-8-14(12-18(17)24-4-2)9-11-19(22)21-16-7-5-6-15(20)13-16/h5-8,10,12-13H,3-4,9,11H2,1-2H3,(H,21,22). The van der Waals surface area contributed by atoms with Gasteiger partial charge in [0.1, 0.15) is 0 Å². The lowest BCUT2D eigenvalue weighted by Crippen LogP contribution is -2.12. The van der Waals surface area contributed by atoms with Crippen molar-refractivity contribution in [3.8, 4) is 11.5 Å². The molecule has 0 atom stereocenters. The second-order valence-electron chi connectivity index (χ2n) is 5.21. The molecule has 1 amide bonds. The first-order chi connectivity index (χ1) is 11.6. The zero-order valence-electron chi connectivity index (χ0n) is 14.0. The van der Waals surface area contributed by atoms with Gasteiger partial charge in [-0.05, 0) is 56.2 Å². The fourth-order valence-corrected chi connectivity index (χ4v) is 2.49. The van der Waals surface area contributed by atoms with Crippen molar-refractivity contribution in [2.75, 3.05) is 18.5 Å². The molecular formula is C19H22ClNO3. The summed E-state index contributed by atoms with van der Waals surface area (Å²) in [4.78, 5) is 12.1. The molecule has 2 aromatic carbocycles. The highest BCUT2D eigenvalue weighted by molar-refractivity contribution is 6.30. The number of carbonyl (C=O) groups excluding carboxylic acids is 1. The summed E-state index contributed by atoms with van der Waals surface area (Å²) < 4.78 is 11.1. The second kappa shape index (κ2) is 9.18. The van der Waals surface area contributed by atoms with Crippen molar-refractivity contribution in [1.82, 2.24) is 0 Å². The summed E-state index contributed by atoms with van der Waals surface area (Å²) in [7, 11) is 0. The van der Waals surface area contributed by atoms with Gasteiger partial charge in [-0.3, -0.25) is 4.79 Å². The molecule has 24 heavy (non-hydrogen) atoms. The number of nitrogens with one attached hydrogen (secondary N) is 1. The number of ether oxygens (including phenoxy) is 2. The number of benzene rings is 2. The normalized spacial score (nSPS) is 10.3. The third kappa shape index (κ3) is 5.46. The van der Waals surface area contributed by atoms with Crippen molar-refractivity contribution >= 4 is 23.2 Å². The number of hydrogen-bond acceptors (Lipinski definition) is 3. The molecule has 0 saturated carbocycles. The molecular weight excluding hydrogens is 326 g/mol. The number of hydrogen-bond donors (Lipinski definition) is 1. The molecule has 0 spiro atoms. The molecule has 128 valence electrons. The van der Waals surface area contributed by atoms with Crippen LogP contribution in [0.3, 0.4) is 0 Å². The van der Waals surface area contributed by atoms with Crippen molar-refractivity contribution in [1.29, 1.82) is 0 Å². The van der Waals surface area contributed by atoms with Crippen LogP contribution in [0, 0.1) is 0 Å². The van der Waals surface area contributed by atoms with Crippen molar-refractivity contribution in [2.45, 2.75) is 26.7 Å². The minimum atomic E-state index is -0.0517. The van der Waals surface area contributed by atoms with Gasteiger partial charge in [-0.1, -0.05) is 23.7 Å². The topological polar surface area (TPSA) is 47.6 Å². The van der Waals surface area contributed by atoms with Crippen LogP contribution in [0.1, 0.15) is 25.8 Å². The Morgan fingerprint density at radius 2 is 1.79 bits per heavy atom. The van der Waals surface area contributed by atoms with Gasteiger partial charge in [0.05, 0.1) is 13.2 Å².